The van der Waals surface area contributed by atoms with Gasteiger partial charge < -0.3 is 24.2 Å². The Balaban J connectivity index is 1.73. The van der Waals surface area contributed by atoms with Crippen LogP contribution >= 0.6 is 0 Å². The van der Waals surface area contributed by atoms with Crippen LogP contribution in [0.4, 0.5) is 4.79 Å². The number of benzene rings is 1. The van der Waals surface area contributed by atoms with Gasteiger partial charge in [-0.15, -0.1) is 0 Å². The summed E-state index contributed by atoms with van der Waals surface area (Å²) in [6.07, 6.45) is -1.12. The number of ether oxygens (including phenoxy) is 2. The second-order valence-electron chi connectivity index (χ2n) is 7.10. The van der Waals surface area contributed by atoms with E-state index >= 15 is 0 Å². The first kappa shape index (κ1) is 20.1. The highest BCUT2D eigenvalue weighted by Gasteiger charge is 2.42. The van der Waals surface area contributed by atoms with E-state index in [0.29, 0.717) is 32.8 Å². The van der Waals surface area contributed by atoms with Crippen LogP contribution in [0.1, 0.15) is 24.1 Å². The maximum atomic E-state index is 13.2. The highest BCUT2D eigenvalue weighted by molar-refractivity contribution is 5.86. The Bertz CT molecular complexity index is 728. The van der Waals surface area contributed by atoms with Gasteiger partial charge in [-0.25, -0.2) is 4.79 Å². The quantitative estimate of drug-likeness (QED) is 0.776. The predicted molar refractivity (Wildman–Crippen MR) is 102 cm³/mol. The highest BCUT2D eigenvalue weighted by atomic mass is 16.6. The van der Waals surface area contributed by atoms with Gasteiger partial charge >= 0.3 is 6.09 Å². The molecule has 1 aromatic rings. The standard InChI is InChI=1S/C20H27N3O5/c1-4-27-20(26)23-11-9-22(10-12-23)19(25)18-17(21(3)16(24)13-28-18)15-7-5-14(2)6-8-15/h5-8,17-18H,4,9-13H2,1-3H3/t17-,18-/m1/s1. The fraction of sp³-hybridized carbons (Fsp3) is 0.550. The smallest absolute Gasteiger partial charge is 0.409 e. The molecule has 8 nitrogen and oxygen atoms in total. The Kier molecular flexibility index (Phi) is 6.18. The number of piperazine rings is 1. The van der Waals surface area contributed by atoms with Gasteiger partial charge in [0.2, 0.25) is 5.91 Å². The molecule has 2 aliphatic rings. The summed E-state index contributed by atoms with van der Waals surface area (Å²) in [6.45, 7) is 5.63. The molecule has 1 aromatic carbocycles. The number of carbonyl (C=O) groups excluding carboxylic acids is 3. The molecule has 2 atom stereocenters. The summed E-state index contributed by atoms with van der Waals surface area (Å²) < 4.78 is 10.7. The Hall–Kier alpha value is -2.61. The SMILES string of the molecule is CCOC(=O)N1CCN(C(=O)[C@@H]2OCC(=O)N(C)[C@@H]2c2ccc(C)cc2)CC1. The van der Waals surface area contributed by atoms with Gasteiger partial charge in [-0.3, -0.25) is 9.59 Å². The van der Waals surface area contributed by atoms with E-state index in [1.54, 1.807) is 28.7 Å². The van der Waals surface area contributed by atoms with Gasteiger partial charge in [-0.2, -0.15) is 0 Å². The predicted octanol–water partition coefficient (Wildman–Crippen LogP) is 1.19. The van der Waals surface area contributed by atoms with Crippen molar-refractivity contribution in [3.63, 3.8) is 0 Å². The van der Waals surface area contributed by atoms with Gasteiger partial charge in [0.25, 0.3) is 5.91 Å². The van der Waals surface area contributed by atoms with Crippen LogP contribution < -0.4 is 0 Å². The van der Waals surface area contributed by atoms with Gasteiger partial charge in [0.05, 0.1) is 12.6 Å². The van der Waals surface area contributed by atoms with Crippen molar-refractivity contribution in [3.05, 3.63) is 35.4 Å². The molecule has 0 bridgehead atoms. The number of carbonyl (C=O) groups is 3. The first-order valence-electron chi connectivity index (χ1n) is 9.56. The third-order valence-electron chi connectivity index (χ3n) is 5.26. The molecule has 0 N–H and O–H groups in total. The van der Waals surface area contributed by atoms with Gasteiger partial charge in [0, 0.05) is 33.2 Å². The molecular formula is C20H27N3O5. The van der Waals surface area contributed by atoms with Gasteiger partial charge in [0.1, 0.15) is 6.61 Å². The molecule has 2 aliphatic heterocycles. The van der Waals surface area contributed by atoms with E-state index in [9.17, 15) is 14.4 Å². The van der Waals surface area contributed by atoms with Crippen molar-refractivity contribution < 1.29 is 23.9 Å². The fourth-order valence-electron chi connectivity index (χ4n) is 3.58. The second kappa shape index (κ2) is 8.60. The van der Waals surface area contributed by atoms with E-state index in [0.717, 1.165) is 11.1 Å². The number of nitrogens with zero attached hydrogens (tertiary/aromatic N) is 3. The van der Waals surface area contributed by atoms with E-state index in [1.165, 1.54) is 0 Å². The van der Waals surface area contributed by atoms with E-state index in [1.807, 2.05) is 31.2 Å². The molecule has 28 heavy (non-hydrogen) atoms. The summed E-state index contributed by atoms with van der Waals surface area (Å²) in [5, 5.41) is 0. The number of aryl methyl sites for hydroxylation is 1. The van der Waals surface area contributed by atoms with Crippen molar-refractivity contribution in [2.45, 2.75) is 26.0 Å². The summed E-state index contributed by atoms with van der Waals surface area (Å²) in [4.78, 5) is 42.1. The molecule has 0 saturated carbocycles. The lowest BCUT2D eigenvalue weighted by Crippen LogP contribution is -2.57. The van der Waals surface area contributed by atoms with Crippen LogP contribution in [0.2, 0.25) is 0 Å². The van der Waals surface area contributed by atoms with E-state index < -0.39 is 12.1 Å². The molecule has 2 saturated heterocycles. The Morgan fingerprint density at radius 1 is 1.11 bits per heavy atom. The van der Waals surface area contributed by atoms with Crippen molar-refractivity contribution >= 4 is 17.9 Å². The topological polar surface area (TPSA) is 79.4 Å². The summed E-state index contributed by atoms with van der Waals surface area (Å²) in [6, 6.07) is 7.30. The van der Waals surface area contributed by atoms with Crippen molar-refractivity contribution in [3.8, 4) is 0 Å². The maximum absolute atomic E-state index is 13.2. The van der Waals surface area contributed by atoms with Crippen LogP contribution in [0.5, 0.6) is 0 Å². The maximum Gasteiger partial charge on any atom is 0.409 e. The van der Waals surface area contributed by atoms with E-state index in [2.05, 4.69) is 0 Å². The van der Waals surface area contributed by atoms with E-state index in [4.69, 9.17) is 9.47 Å². The number of morpholine rings is 1. The van der Waals surface area contributed by atoms with Crippen LogP contribution in [-0.2, 0) is 19.1 Å². The molecule has 152 valence electrons. The van der Waals surface area contributed by atoms with Crippen LogP contribution in [-0.4, -0.2) is 85.2 Å². The molecule has 0 aromatic heterocycles. The summed E-state index contributed by atoms with van der Waals surface area (Å²) in [5.41, 5.74) is 1.97. The Labute approximate surface area is 165 Å². The Morgan fingerprint density at radius 3 is 2.32 bits per heavy atom. The minimum absolute atomic E-state index is 0.113. The molecule has 2 fully saturated rings. The van der Waals surface area contributed by atoms with Gasteiger partial charge in [-0.05, 0) is 19.4 Å². The van der Waals surface area contributed by atoms with Crippen LogP contribution in [0.3, 0.4) is 0 Å². The fourth-order valence-corrected chi connectivity index (χ4v) is 3.58. The molecule has 0 radical (unpaired) electrons. The minimum Gasteiger partial charge on any atom is -0.450 e. The lowest BCUT2D eigenvalue weighted by Gasteiger charge is -2.42. The number of likely N-dealkylation sites (N-methyl/N-ethyl adjacent to an activating group) is 1. The lowest BCUT2D eigenvalue weighted by atomic mass is 9.96. The number of hydrogen-bond acceptors (Lipinski definition) is 5. The average Bonchev–Trinajstić information content (AvgIpc) is 2.70. The first-order chi connectivity index (χ1) is 13.4. The third kappa shape index (κ3) is 4.11. The molecule has 0 unspecified atom stereocenters. The van der Waals surface area contributed by atoms with Crippen LogP contribution in [0.25, 0.3) is 0 Å². The van der Waals surface area contributed by atoms with Crippen molar-refractivity contribution in [2.24, 2.45) is 0 Å². The van der Waals surface area contributed by atoms with E-state index in [-0.39, 0.29) is 24.5 Å². The molecule has 8 heteroatoms. The summed E-state index contributed by atoms with van der Waals surface area (Å²) >= 11 is 0. The normalized spacial score (nSPS) is 23.0. The zero-order valence-corrected chi connectivity index (χ0v) is 16.6. The summed E-state index contributed by atoms with van der Waals surface area (Å²) in [7, 11) is 1.70. The molecule has 3 rings (SSSR count). The second-order valence-corrected chi connectivity index (χ2v) is 7.10. The molecule has 0 aliphatic carbocycles. The summed E-state index contributed by atoms with van der Waals surface area (Å²) in [5.74, 6) is -0.310. The first-order valence-corrected chi connectivity index (χ1v) is 9.56. The molecule has 2 heterocycles. The van der Waals surface area contributed by atoms with Crippen molar-refractivity contribution in [1.82, 2.24) is 14.7 Å². The van der Waals surface area contributed by atoms with Crippen LogP contribution in [0.15, 0.2) is 24.3 Å². The zero-order valence-electron chi connectivity index (χ0n) is 16.6. The van der Waals surface area contributed by atoms with Crippen LogP contribution in [0, 0.1) is 6.92 Å². The Morgan fingerprint density at radius 2 is 1.71 bits per heavy atom. The molecule has 3 amide bonds. The lowest BCUT2D eigenvalue weighted by molar-refractivity contribution is -0.168. The van der Waals surface area contributed by atoms with Gasteiger partial charge in [-0.1, -0.05) is 29.8 Å². The number of amides is 3. The van der Waals surface area contributed by atoms with Crippen molar-refractivity contribution in [2.75, 3.05) is 46.4 Å². The highest BCUT2D eigenvalue weighted by Crippen LogP contribution is 2.30. The van der Waals surface area contributed by atoms with Gasteiger partial charge in [0.15, 0.2) is 6.10 Å². The average molecular weight is 389 g/mol. The zero-order chi connectivity index (χ0) is 20.3. The number of rotatable bonds is 3. The third-order valence-corrected chi connectivity index (χ3v) is 5.26. The molecule has 0 spiro atoms. The largest absolute Gasteiger partial charge is 0.450 e. The number of hydrogen-bond donors (Lipinski definition) is 0. The van der Waals surface area contributed by atoms with Crippen molar-refractivity contribution in [1.29, 1.82) is 0 Å². The monoisotopic (exact) mass is 389 g/mol. The minimum atomic E-state index is -0.764. The molecular weight excluding hydrogens is 362 g/mol.